The van der Waals surface area contributed by atoms with Gasteiger partial charge in [0.05, 0.1) is 0 Å². The molecule has 0 saturated carbocycles. The van der Waals surface area contributed by atoms with E-state index in [2.05, 4.69) is 0 Å². The lowest BCUT2D eigenvalue weighted by atomic mass is 9.72. The largest absolute Gasteiger partial charge is 0.457 e. The lowest BCUT2D eigenvalue weighted by molar-refractivity contribution is -0.295. The van der Waals surface area contributed by atoms with Gasteiger partial charge in [0.2, 0.25) is 0 Å². The molecule has 0 radical (unpaired) electrons. The van der Waals surface area contributed by atoms with Gasteiger partial charge < -0.3 is 20.9 Å². The summed E-state index contributed by atoms with van der Waals surface area (Å²) in [5.74, 6) is -4.50. The first-order valence-electron chi connectivity index (χ1n) is 11.7. The minimum absolute atomic E-state index is 0.00106. The third-order valence-electron chi connectivity index (χ3n) is 5.95. The van der Waals surface area contributed by atoms with E-state index in [0.717, 1.165) is 24.3 Å². The van der Waals surface area contributed by atoms with Crippen LogP contribution in [0.5, 0.6) is 23.0 Å². The second kappa shape index (κ2) is 10.9. The number of hydrogen-bond acceptors (Lipinski definition) is 6. The molecule has 0 saturated heterocycles. The average molecular weight is 574 g/mol. The average Bonchev–Trinajstić information content (AvgIpc) is 2.88. The second-order valence-corrected chi connectivity index (χ2v) is 8.80. The normalized spacial score (nSPS) is 12.0. The molecule has 12 heteroatoms. The molecule has 4 rings (SSSR count). The van der Waals surface area contributed by atoms with Gasteiger partial charge in [-0.3, -0.25) is 9.59 Å². The molecule has 6 nitrogen and oxygen atoms in total. The van der Waals surface area contributed by atoms with Crippen LogP contribution < -0.4 is 20.9 Å². The van der Waals surface area contributed by atoms with Gasteiger partial charge in [0.15, 0.2) is 11.6 Å². The number of rotatable bonds is 8. The minimum atomic E-state index is -6.34. The Morgan fingerprint density at radius 3 is 1.15 bits per heavy atom. The maximum absolute atomic E-state index is 14.3. The number of ketones is 2. The van der Waals surface area contributed by atoms with Crippen LogP contribution in [0.3, 0.4) is 0 Å². The van der Waals surface area contributed by atoms with Crippen LogP contribution in [0.25, 0.3) is 0 Å². The summed E-state index contributed by atoms with van der Waals surface area (Å²) >= 11 is 0. The van der Waals surface area contributed by atoms with Gasteiger partial charge in [-0.25, -0.2) is 0 Å². The Kier molecular flexibility index (Phi) is 7.69. The number of halogens is 6. The number of nitrogen functional groups attached to an aromatic ring is 2. The highest BCUT2D eigenvalue weighted by molar-refractivity contribution is 6.21. The van der Waals surface area contributed by atoms with Crippen molar-refractivity contribution in [3.63, 3.8) is 0 Å². The monoisotopic (exact) mass is 574 g/mol. The lowest BCUT2D eigenvalue weighted by Crippen LogP contribution is -2.60. The highest BCUT2D eigenvalue weighted by Crippen LogP contribution is 2.54. The molecule has 0 amide bonds. The predicted molar refractivity (Wildman–Crippen MR) is 138 cm³/mol. The summed E-state index contributed by atoms with van der Waals surface area (Å²) in [6, 6.07) is 19.0. The summed E-state index contributed by atoms with van der Waals surface area (Å²) < 4.78 is 96.8. The number of carbonyl (C=O) groups is 2. The minimum Gasteiger partial charge on any atom is -0.457 e. The van der Waals surface area contributed by atoms with Gasteiger partial charge in [-0.2, -0.15) is 26.3 Å². The van der Waals surface area contributed by atoms with E-state index < -0.39 is 40.5 Å². The Hall–Kier alpha value is -5.00. The van der Waals surface area contributed by atoms with Gasteiger partial charge in [0, 0.05) is 34.6 Å². The molecule has 0 unspecified atom stereocenters. The van der Waals surface area contributed by atoms with Crippen LogP contribution in [-0.2, 0) is 0 Å². The van der Waals surface area contributed by atoms with Crippen LogP contribution in [0.4, 0.5) is 37.7 Å². The van der Waals surface area contributed by atoms with Crippen molar-refractivity contribution in [1.29, 1.82) is 0 Å². The predicted octanol–water partition coefficient (Wildman–Crippen LogP) is 7.61. The fraction of sp³-hybridized carbons (Fsp3) is 0.103. The molecule has 0 aromatic heterocycles. The smallest absolute Gasteiger partial charge is 0.417 e. The summed E-state index contributed by atoms with van der Waals surface area (Å²) in [6.07, 6.45) is -12.7. The third kappa shape index (κ3) is 5.81. The molecular weight excluding hydrogens is 554 g/mol. The van der Waals surface area contributed by atoms with Gasteiger partial charge in [-0.1, -0.05) is 12.1 Å². The molecule has 0 heterocycles. The van der Waals surface area contributed by atoms with E-state index >= 15 is 0 Å². The fourth-order valence-electron chi connectivity index (χ4n) is 3.99. The topological polar surface area (TPSA) is 105 Å². The SMILES string of the molecule is Nc1cccc(Oc2ccc(C(=O)C(C(=O)c3ccc(Oc4cccc(N)c4)cc3)(C(F)(F)F)C(F)(F)F)cc2)c1. The van der Waals surface area contributed by atoms with Crippen LogP contribution >= 0.6 is 0 Å². The number of alkyl halides is 6. The molecule has 0 aliphatic heterocycles. The lowest BCUT2D eigenvalue weighted by Gasteiger charge is -2.34. The first-order valence-corrected chi connectivity index (χ1v) is 11.7. The van der Waals surface area contributed by atoms with E-state index in [1.165, 1.54) is 24.3 Å². The Labute approximate surface area is 229 Å². The van der Waals surface area contributed by atoms with Crippen LogP contribution in [0.15, 0.2) is 97.1 Å². The summed E-state index contributed by atoms with van der Waals surface area (Å²) in [7, 11) is 0. The number of hydrogen-bond donors (Lipinski definition) is 2. The van der Waals surface area contributed by atoms with Crippen LogP contribution in [0.1, 0.15) is 20.7 Å². The van der Waals surface area contributed by atoms with Crippen molar-refractivity contribution in [2.75, 3.05) is 11.5 Å². The van der Waals surface area contributed by atoms with E-state index in [1.54, 1.807) is 24.3 Å². The maximum atomic E-state index is 14.3. The number of benzene rings is 4. The highest BCUT2D eigenvalue weighted by Gasteiger charge is 2.79. The molecule has 4 aromatic carbocycles. The molecule has 41 heavy (non-hydrogen) atoms. The first kappa shape index (κ1) is 29.0. The Balaban J connectivity index is 1.68. The Morgan fingerprint density at radius 2 is 0.854 bits per heavy atom. The molecule has 0 spiro atoms. The molecule has 4 aromatic rings. The van der Waals surface area contributed by atoms with Gasteiger partial charge in [0.25, 0.3) is 5.41 Å². The van der Waals surface area contributed by atoms with E-state index in [4.69, 9.17) is 20.9 Å². The van der Waals surface area contributed by atoms with E-state index in [9.17, 15) is 35.9 Å². The highest BCUT2D eigenvalue weighted by atomic mass is 19.4. The van der Waals surface area contributed by atoms with Gasteiger partial charge in [-0.05, 0) is 72.8 Å². The quantitative estimate of drug-likeness (QED) is 0.0972. The number of carbonyl (C=O) groups excluding carboxylic acids is 2. The summed E-state index contributed by atoms with van der Waals surface area (Å²) in [5, 5.41) is 0. The summed E-state index contributed by atoms with van der Waals surface area (Å²) in [4.78, 5) is 26.1. The molecule has 0 atom stereocenters. The molecule has 4 N–H and O–H groups in total. The Morgan fingerprint density at radius 1 is 0.512 bits per heavy atom. The molecule has 0 aliphatic rings. The van der Waals surface area contributed by atoms with Crippen molar-refractivity contribution in [2.45, 2.75) is 12.4 Å². The molecule has 0 aliphatic carbocycles. The zero-order valence-corrected chi connectivity index (χ0v) is 20.8. The van der Waals surface area contributed by atoms with E-state index in [-0.39, 0.29) is 23.0 Å². The van der Waals surface area contributed by atoms with Gasteiger partial charge in [0.1, 0.15) is 23.0 Å². The van der Waals surface area contributed by atoms with Crippen LogP contribution in [-0.4, -0.2) is 23.9 Å². The summed E-state index contributed by atoms with van der Waals surface area (Å²) in [6.45, 7) is 0. The van der Waals surface area contributed by atoms with Crippen molar-refractivity contribution < 1.29 is 45.4 Å². The molecule has 0 bridgehead atoms. The zero-order chi connectivity index (χ0) is 30.0. The first-order chi connectivity index (χ1) is 19.2. The third-order valence-corrected chi connectivity index (χ3v) is 5.95. The van der Waals surface area contributed by atoms with Crippen molar-refractivity contribution in [3.8, 4) is 23.0 Å². The summed E-state index contributed by atoms with van der Waals surface area (Å²) in [5.41, 5.74) is 4.59. The standard InChI is InChI=1S/C29H20F6N2O4/c30-28(31,32)27(29(33,34)35,25(38)17-7-11-21(12-8-17)40-23-5-1-3-19(36)15-23)26(39)18-9-13-22(14-10-18)41-24-6-2-4-20(37)16-24/h1-16H,36-37H2. The molecular formula is C29H20F6N2O4. The number of nitrogens with two attached hydrogens (primary N) is 2. The van der Waals surface area contributed by atoms with E-state index in [1.807, 2.05) is 0 Å². The number of ether oxygens (including phenoxy) is 2. The number of Topliss-reactive ketones (excluding diaryl/α,β-unsaturated/α-hetero) is 2. The number of anilines is 2. The van der Waals surface area contributed by atoms with E-state index in [0.29, 0.717) is 35.6 Å². The van der Waals surface area contributed by atoms with Gasteiger partial charge >= 0.3 is 12.4 Å². The van der Waals surface area contributed by atoms with Crippen molar-refractivity contribution in [3.05, 3.63) is 108 Å². The van der Waals surface area contributed by atoms with Crippen molar-refractivity contribution >= 4 is 22.9 Å². The van der Waals surface area contributed by atoms with Crippen molar-refractivity contribution in [2.24, 2.45) is 5.41 Å². The molecule has 0 fully saturated rings. The maximum Gasteiger partial charge on any atom is 0.417 e. The van der Waals surface area contributed by atoms with Crippen molar-refractivity contribution in [1.82, 2.24) is 0 Å². The molecule has 212 valence electrons. The van der Waals surface area contributed by atoms with Crippen LogP contribution in [0.2, 0.25) is 0 Å². The zero-order valence-electron chi connectivity index (χ0n) is 20.8. The Bertz CT molecular complexity index is 1450. The fourth-order valence-corrected chi connectivity index (χ4v) is 3.99. The second-order valence-electron chi connectivity index (χ2n) is 8.80. The van der Waals surface area contributed by atoms with Crippen LogP contribution in [0, 0.1) is 5.41 Å². The van der Waals surface area contributed by atoms with Gasteiger partial charge in [-0.15, -0.1) is 0 Å².